The van der Waals surface area contributed by atoms with E-state index >= 15 is 0 Å². The van der Waals surface area contributed by atoms with Gasteiger partial charge in [-0.3, -0.25) is 0 Å². The third-order valence-electron chi connectivity index (χ3n) is 2.78. The molecule has 0 spiro atoms. The van der Waals surface area contributed by atoms with E-state index in [0.717, 1.165) is 5.75 Å². The second-order valence-corrected chi connectivity index (χ2v) is 3.88. The van der Waals surface area contributed by atoms with Gasteiger partial charge in [-0.25, -0.2) is 0 Å². The summed E-state index contributed by atoms with van der Waals surface area (Å²) in [6.45, 7) is 2.20. The van der Waals surface area contributed by atoms with Crippen molar-refractivity contribution in [3.8, 4) is 5.75 Å². The third-order valence-corrected chi connectivity index (χ3v) is 2.78. The Hall–Kier alpha value is -1.24. The summed E-state index contributed by atoms with van der Waals surface area (Å²) in [5.74, 6) is 1.00. The first-order valence-corrected chi connectivity index (χ1v) is 5.14. The summed E-state index contributed by atoms with van der Waals surface area (Å²) in [7, 11) is 1.74. The lowest BCUT2D eigenvalue weighted by Crippen LogP contribution is -1.92. The maximum atomic E-state index is 5.37. The van der Waals surface area contributed by atoms with E-state index in [9.17, 15) is 0 Å². The molecular formula is C13H16O. The van der Waals surface area contributed by atoms with Gasteiger partial charge in [0.2, 0.25) is 0 Å². The van der Waals surface area contributed by atoms with Crippen molar-refractivity contribution in [3.63, 3.8) is 0 Å². The van der Waals surface area contributed by atoms with E-state index in [4.69, 9.17) is 4.74 Å². The second-order valence-electron chi connectivity index (χ2n) is 3.88. The summed E-state index contributed by atoms with van der Waals surface area (Å²) in [5.41, 5.74) is 4.15. The van der Waals surface area contributed by atoms with Gasteiger partial charge in [0.25, 0.3) is 0 Å². The molecular weight excluding hydrogens is 172 g/mol. The summed E-state index contributed by atoms with van der Waals surface area (Å²) in [6.07, 6.45) is 5.89. The Morgan fingerprint density at radius 1 is 1.21 bits per heavy atom. The van der Waals surface area contributed by atoms with E-state index in [1.54, 1.807) is 7.11 Å². The van der Waals surface area contributed by atoms with Gasteiger partial charge in [0.15, 0.2) is 0 Å². The molecule has 0 fully saturated rings. The zero-order valence-electron chi connectivity index (χ0n) is 8.84. The van der Waals surface area contributed by atoms with Crippen LogP contribution < -0.4 is 4.74 Å². The van der Waals surface area contributed by atoms with E-state index in [2.05, 4.69) is 25.1 Å². The lowest BCUT2D eigenvalue weighted by molar-refractivity contribution is 0.413. The summed E-state index contributed by atoms with van der Waals surface area (Å²) in [5, 5.41) is 0. The molecule has 14 heavy (non-hydrogen) atoms. The number of rotatable bonds is 1. The fraction of sp³-hybridized carbons (Fsp3) is 0.385. The molecule has 1 aliphatic rings. The van der Waals surface area contributed by atoms with E-state index in [1.807, 2.05) is 6.07 Å². The molecule has 0 unspecified atom stereocenters. The molecule has 1 aromatic rings. The highest BCUT2D eigenvalue weighted by molar-refractivity contribution is 5.64. The monoisotopic (exact) mass is 188 g/mol. The minimum absolute atomic E-state index is 1.00. The Kier molecular flexibility index (Phi) is 2.58. The average molecular weight is 188 g/mol. The smallest absolute Gasteiger partial charge is 0.126 e. The third kappa shape index (κ3) is 1.67. The minimum atomic E-state index is 1.00. The molecule has 0 amide bonds. The molecule has 0 N–H and O–H groups in total. The highest BCUT2D eigenvalue weighted by atomic mass is 16.5. The van der Waals surface area contributed by atoms with Crippen LogP contribution in [0.25, 0.3) is 6.08 Å². The van der Waals surface area contributed by atoms with Crippen molar-refractivity contribution < 1.29 is 4.74 Å². The molecule has 0 saturated carbocycles. The lowest BCUT2D eigenvalue weighted by Gasteiger charge is -2.08. The highest BCUT2D eigenvalue weighted by Crippen LogP contribution is 2.29. The second kappa shape index (κ2) is 3.87. The molecule has 0 radical (unpaired) electrons. The zero-order valence-corrected chi connectivity index (χ0v) is 8.84. The molecule has 1 aromatic carbocycles. The summed E-state index contributed by atoms with van der Waals surface area (Å²) < 4.78 is 5.37. The van der Waals surface area contributed by atoms with Crippen LogP contribution in [0.4, 0.5) is 0 Å². The first-order valence-electron chi connectivity index (χ1n) is 5.14. The fourth-order valence-corrected chi connectivity index (χ4v) is 2.03. The summed E-state index contributed by atoms with van der Waals surface area (Å²) in [4.78, 5) is 0. The van der Waals surface area contributed by atoms with E-state index in [-0.39, 0.29) is 0 Å². The molecule has 0 saturated heterocycles. The predicted octanol–water partition coefficient (Wildman–Crippen LogP) is 3.43. The molecule has 0 aromatic heterocycles. The number of methoxy groups -OCH3 is 1. The Morgan fingerprint density at radius 2 is 2.07 bits per heavy atom. The molecule has 1 aliphatic carbocycles. The first kappa shape index (κ1) is 9.32. The van der Waals surface area contributed by atoms with Crippen LogP contribution in [0.1, 0.15) is 30.9 Å². The Labute approximate surface area is 85.4 Å². The summed E-state index contributed by atoms with van der Waals surface area (Å²) >= 11 is 0. The van der Waals surface area contributed by atoms with Gasteiger partial charge >= 0.3 is 0 Å². The van der Waals surface area contributed by atoms with Crippen molar-refractivity contribution in [2.45, 2.75) is 26.2 Å². The summed E-state index contributed by atoms with van der Waals surface area (Å²) in [6, 6.07) is 6.31. The van der Waals surface area contributed by atoms with Crippen LogP contribution in [-0.4, -0.2) is 7.11 Å². The van der Waals surface area contributed by atoms with Crippen LogP contribution in [-0.2, 0) is 6.42 Å². The van der Waals surface area contributed by atoms with Crippen LogP contribution >= 0.6 is 0 Å². The van der Waals surface area contributed by atoms with Gasteiger partial charge in [-0.05, 0) is 37.8 Å². The number of benzene rings is 1. The first-order chi connectivity index (χ1) is 6.81. The van der Waals surface area contributed by atoms with Gasteiger partial charge in [0.05, 0.1) is 7.11 Å². The number of fused-ring (bicyclic) bond motifs is 1. The van der Waals surface area contributed by atoms with Crippen molar-refractivity contribution in [2.75, 3.05) is 7.11 Å². The molecule has 2 rings (SSSR count). The molecule has 1 heteroatoms. The SMILES string of the molecule is COc1cccc2c1C=C(C)CCC2. The van der Waals surface area contributed by atoms with Crippen molar-refractivity contribution in [1.82, 2.24) is 0 Å². The maximum Gasteiger partial charge on any atom is 0.126 e. The Morgan fingerprint density at radius 3 is 2.86 bits per heavy atom. The number of ether oxygens (including phenoxy) is 1. The van der Waals surface area contributed by atoms with Gasteiger partial charge in [-0.2, -0.15) is 0 Å². The number of aryl methyl sites for hydroxylation is 1. The normalized spacial score (nSPS) is 15.4. The zero-order chi connectivity index (χ0) is 9.97. The van der Waals surface area contributed by atoms with Crippen LogP contribution in [0.15, 0.2) is 23.8 Å². The van der Waals surface area contributed by atoms with Crippen molar-refractivity contribution in [2.24, 2.45) is 0 Å². The fourth-order valence-electron chi connectivity index (χ4n) is 2.03. The molecule has 74 valence electrons. The van der Waals surface area contributed by atoms with Crippen molar-refractivity contribution >= 4 is 6.08 Å². The molecule has 0 bridgehead atoms. The number of allylic oxidation sites excluding steroid dienone is 1. The van der Waals surface area contributed by atoms with E-state index < -0.39 is 0 Å². The van der Waals surface area contributed by atoms with Gasteiger partial charge in [0.1, 0.15) is 5.75 Å². The Bertz CT molecular complexity index is 363. The van der Waals surface area contributed by atoms with Gasteiger partial charge in [-0.1, -0.05) is 23.8 Å². The van der Waals surface area contributed by atoms with Crippen LogP contribution in [0.2, 0.25) is 0 Å². The molecule has 0 atom stereocenters. The quantitative estimate of drug-likeness (QED) is 0.656. The standard InChI is InChI=1S/C13H16O/c1-10-5-3-6-11-7-4-8-13(14-2)12(11)9-10/h4,7-9H,3,5-6H2,1-2H3. The number of hydrogen-bond donors (Lipinski definition) is 0. The van der Waals surface area contributed by atoms with Crippen LogP contribution in [0.5, 0.6) is 5.75 Å². The highest BCUT2D eigenvalue weighted by Gasteiger charge is 2.10. The largest absolute Gasteiger partial charge is 0.496 e. The minimum Gasteiger partial charge on any atom is -0.496 e. The van der Waals surface area contributed by atoms with E-state index in [0.29, 0.717) is 0 Å². The molecule has 1 nitrogen and oxygen atoms in total. The topological polar surface area (TPSA) is 9.23 Å². The Balaban J connectivity index is 2.53. The van der Waals surface area contributed by atoms with Crippen LogP contribution in [0.3, 0.4) is 0 Å². The van der Waals surface area contributed by atoms with Gasteiger partial charge in [-0.15, -0.1) is 0 Å². The predicted molar refractivity (Wildman–Crippen MR) is 59.6 cm³/mol. The van der Waals surface area contributed by atoms with E-state index in [1.165, 1.54) is 36.0 Å². The van der Waals surface area contributed by atoms with Gasteiger partial charge in [0, 0.05) is 5.56 Å². The number of hydrogen-bond acceptors (Lipinski definition) is 1. The molecule has 0 aliphatic heterocycles. The average Bonchev–Trinajstić information content (AvgIpc) is 2.38. The molecule has 0 heterocycles. The van der Waals surface area contributed by atoms with Crippen LogP contribution in [0, 0.1) is 0 Å². The van der Waals surface area contributed by atoms with Gasteiger partial charge < -0.3 is 4.74 Å². The van der Waals surface area contributed by atoms with Crippen molar-refractivity contribution in [3.05, 3.63) is 34.9 Å². The lowest BCUT2D eigenvalue weighted by atomic mass is 10.0. The van der Waals surface area contributed by atoms with Crippen molar-refractivity contribution in [1.29, 1.82) is 0 Å². The maximum absolute atomic E-state index is 5.37.